The lowest BCUT2D eigenvalue weighted by atomic mass is 10.0. The number of nitrogens with zero attached hydrogens (tertiary/aromatic N) is 2. The van der Waals surface area contributed by atoms with Gasteiger partial charge >= 0.3 is 0 Å². The molecule has 18 heavy (non-hydrogen) atoms. The predicted octanol–water partition coefficient (Wildman–Crippen LogP) is 2.07. The zero-order valence-corrected chi connectivity index (χ0v) is 11.8. The Morgan fingerprint density at radius 3 is 2.56 bits per heavy atom. The number of hydrogen-bond acceptors (Lipinski definition) is 3. The summed E-state index contributed by atoms with van der Waals surface area (Å²) in [7, 11) is 2.23. The maximum atomic E-state index is 5.81. The minimum Gasteiger partial charge on any atom is -0.299 e. The van der Waals surface area contributed by atoms with Crippen molar-refractivity contribution < 1.29 is 0 Å². The van der Waals surface area contributed by atoms with Gasteiger partial charge < -0.3 is 0 Å². The SMILES string of the molecule is Cc1ccc(CN(C)C2CCN(N)CC2)c(C)c1. The smallest absolute Gasteiger partial charge is 0.0236 e. The van der Waals surface area contributed by atoms with E-state index in [1.54, 1.807) is 0 Å². The van der Waals surface area contributed by atoms with Crippen molar-refractivity contribution in [2.24, 2.45) is 5.84 Å². The Balaban J connectivity index is 1.96. The van der Waals surface area contributed by atoms with E-state index < -0.39 is 0 Å². The van der Waals surface area contributed by atoms with Crippen LogP contribution in [0.3, 0.4) is 0 Å². The maximum Gasteiger partial charge on any atom is 0.0236 e. The quantitative estimate of drug-likeness (QED) is 0.830. The van der Waals surface area contributed by atoms with Crippen LogP contribution in [0.5, 0.6) is 0 Å². The average molecular weight is 247 g/mol. The summed E-state index contributed by atoms with van der Waals surface area (Å²) in [5.74, 6) is 5.81. The maximum absolute atomic E-state index is 5.81. The Hall–Kier alpha value is -0.900. The second kappa shape index (κ2) is 5.83. The molecule has 0 saturated carbocycles. The first-order valence-electron chi connectivity index (χ1n) is 6.82. The zero-order chi connectivity index (χ0) is 13.1. The molecule has 1 fully saturated rings. The van der Waals surface area contributed by atoms with Gasteiger partial charge in [0, 0.05) is 25.7 Å². The van der Waals surface area contributed by atoms with Crippen molar-refractivity contribution in [3.05, 3.63) is 34.9 Å². The largest absolute Gasteiger partial charge is 0.299 e. The van der Waals surface area contributed by atoms with Crippen LogP contribution in [0.15, 0.2) is 18.2 Å². The first-order chi connectivity index (χ1) is 8.56. The molecule has 3 heteroatoms. The molecule has 2 N–H and O–H groups in total. The van der Waals surface area contributed by atoms with Crippen LogP contribution in [0.4, 0.5) is 0 Å². The normalized spacial score (nSPS) is 18.5. The van der Waals surface area contributed by atoms with Crippen molar-refractivity contribution in [1.29, 1.82) is 0 Å². The molecule has 100 valence electrons. The van der Waals surface area contributed by atoms with Gasteiger partial charge in [-0.25, -0.2) is 5.01 Å². The number of piperidine rings is 1. The van der Waals surface area contributed by atoms with E-state index in [9.17, 15) is 0 Å². The number of rotatable bonds is 3. The Kier molecular flexibility index (Phi) is 4.38. The molecule has 0 atom stereocenters. The molecular weight excluding hydrogens is 222 g/mol. The summed E-state index contributed by atoms with van der Waals surface area (Å²) < 4.78 is 0. The lowest BCUT2D eigenvalue weighted by molar-refractivity contribution is 0.124. The van der Waals surface area contributed by atoms with Crippen molar-refractivity contribution in [3.63, 3.8) is 0 Å². The summed E-state index contributed by atoms with van der Waals surface area (Å²) in [6.45, 7) is 7.43. The number of nitrogens with two attached hydrogens (primary N) is 1. The van der Waals surface area contributed by atoms with Gasteiger partial charge in [-0.15, -0.1) is 0 Å². The highest BCUT2D eigenvalue weighted by Crippen LogP contribution is 2.18. The molecule has 1 saturated heterocycles. The van der Waals surface area contributed by atoms with Crippen molar-refractivity contribution in [3.8, 4) is 0 Å². The van der Waals surface area contributed by atoms with E-state index in [1.807, 2.05) is 5.01 Å². The van der Waals surface area contributed by atoms with Gasteiger partial charge in [0.05, 0.1) is 0 Å². The molecule has 1 aromatic carbocycles. The van der Waals surface area contributed by atoms with Crippen molar-refractivity contribution >= 4 is 0 Å². The van der Waals surface area contributed by atoms with Gasteiger partial charge in [-0.2, -0.15) is 0 Å². The van der Waals surface area contributed by atoms with Gasteiger partial charge in [-0.05, 0) is 44.9 Å². The highest BCUT2D eigenvalue weighted by Gasteiger charge is 2.21. The molecule has 0 radical (unpaired) electrons. The van der Waals surface area contributed by atoms with Crippen molar-refractivity contribution in [1.82, 2.24) is 9.91 Å². The van der Waals surface area contributed by atoms with Crippen LogP contribution < -0.4 is 5.84 Å². The van der Waals surface area contributed by atoms with E-state index >= 15 is 0 Å². The fourth-order valence-corrected chi connectivity index (χ4v) is 2.75. The van der Waals surface area contributed by atoms with Crippen LogP contribution >= 0.6 is 0 Å². The first-order valence-corrected chi connectivity index (χ1v) is 6.82. The molecule has 1 heterocycles. The van der Waals surface area contributed by atoms with E-state index in [0.717, 1.165) is 19.6 Å². The van der Waals surface area contributed by atoms with Gasteiger partial charge in [-0.1, -0.05) is 23.8 Å². The number of benzene rings is 1. The van der Waals surface area contributed by atoms with Crippen LogP contribution in [-0.4, -0.2) is 36.1 Å². The van der Waals surface area contributed by atoms with E-state index in [1.165, 1.54) is 29.5 Å². The average Bonchev–Trinajstić information content (AvgIpc) is 2.33. The second-order valence-corrected chi connectivity index (χ2v) is 5.61. The van der Waals surface area contributed by atoms with Gasteiger partial charge in [-0.3, -0.25) is 10.7 Å². The fourth-order valence-electron chi connectivity index (χ4n) is 2.75. The molecule has 1 aliphatic heterocycles. The Morgan fingerprint density at radius 2 is 1.94 bits per heavy atom. The summed E-state index contributed by atoms with van der Waals surface area (Å²) in [6.07, 6.45) is 2.36. The van der Waals surface area contributed by atoms with Crippen LogP contribution in [0.1, 0.15) is 29.5 Å². The van der Waals surface area contributed by atoms with E-state index in [4.69, 9.17) is 5.84 Å². The Bertz CT molecular complexity index is 395. The number of hydrazine groups is 1. The summed E-state index contributed by atoms with van der Waals surface area (Å²) >= 11 is 0. The molecule has 2 rings (SSSR count). The molecule has 3 nitrogen and oxygen atoms in total. The van der Waals surface area contributed by atoms with E-state index in [0.29, 0.717) is 6.04 Å². The minimum absolute atomic E-state index is 0.672. The van der Waals surface area contributed by atoms with Crippen molar-refractivity contribution in [2.75, 3.05) is 20.1 Å². The van der Waals surface area contributed by atoms with Crippen LogP contribution in [0, 0.1) is 13.8 Å². The summed E-state index contributed by atoms with van der Waals surface area (Å²) in [4.78, 5) is 2.48. The first kappa shape index (κ1) is 13.5. The van der Waals surface area contributed by atoms with E-state index in [-0.39, 0.29) is 0 Å². The van der Waals surface area contributed by atoms with E-state index in [2.05, 4.69) is 44.0 Å². The molecule has 0 spiro atoms. The summed E-state index contributed by atoms with van der Waals surface area (Å²) in [5, 5.41) is 1.93. The molecule has 1 aromatic rings. The predicted molar refractivity (Wildman–Crippen MR) is 76.2 cm³/mol. The molecule has 0 aromatic heterocycles. The third-order valence-corrected chi connectivity index (χ3v) is 4.04. The lowest BCUT2D eigenvalue weighted by Gasteiger charge is -2.35. The number of hydrogen-bond donors (Lipinski definition) is 1. The van der Waals surface area contributed by atoms with Crippen LogP contribution in [0.25, 0.3) is 0 Å². The second-order valence-electron chi connectivity index (χ2n) is 5.61. The monoisotopic (exact) mass is 247 g/mol. The van der Waals surface area contributed by atoms with Gasteiger partial charge in [0.2, 0.25) is 0 Å². The Morgan fingerprint density at radius 1 is 1.28 bits per heavy atom. The minimum atomic E-state index is 0.672. The molecule has 0 amide bonds. The molecule has 0 aliphatic carbocycles. The molecule has 0 unspecified atom stereocenters. The van der Waals surface area contributed by atoms with Gasteiger partial charge in [0.25, 0.3) is 0 Å². The van der Waals surface area contributed by atoms with Crippen molar-refractivity contribution in [2.45, 2.75) is 39.3 Å². The molecule has 0 bridgehead atoms. The highest BCUT2D eigenvalue weighted by molar-refractivity contribution is 5.30. The van der Waals surface area contributed by atoms with Crippen LogP contribution in [0.2, 0.25) is 0 Å². The van der Waals surface area contributed by atoms with Gasteiger partial charge in [0.15, 0.2) is 0 Å². The third kappa shape index (κ3) is 3.31. The summed E-state index contributed by atoms with van der Waals surface area (Å²) in [6, 6.07) is 7.41. The lowest BCUT2D eigenvalue weighted by Crippen LogP contribution is -2.45. The third-order valence-electron chi connectivity index (χ3n) is 4.04. The molecular formula is C15H25N3. The topological polar surface area (TPSA) is 32.5 Å². The Labute approximate surface area is 111 Å². The molecule has 1 aliphatic rings. The zero-order valence-electron chi connectivity index (χ0n) is 11.8. The van der Waals surface area contributed by atoms with Gasteiger partial charge in [0.1, 0.15) is 0 Å². The fraction of sp³-hybridized carbons (Fsp3) is 0.600. The highest BCUT2D eigenvalue weighted by atomic mass is 15.4. The standard InChI is InChI=1S/C15H25N3/c1-12-4-5-14(13(2)10-12)11-17(3)15-6-8-18(16)9-7-15/h4-5,10,15H,6-9,11,16H2,1-3H3. The summed E-state index contributed by atoms with van der Waals surface area (Å²) in [5.41, 5.74) is 4.19. The number of aryl methyl sites for hydroxylation is 2. The van der Waals surface area contributed by atoms with Crippen LogP contribution in [-0.2, 0) is 6.54 Å².